The van der Waals surface area contributed by atoms with Crippen molar-refractivity contribution < 1.29 is 18.3 Å². The molecule has 0 fully saturated rings. The van der Waals surface area contributed by atoms with Gasteiger partial charge in [-0.05, 0) is 35.9 Å². The van der Waals surface area contributed by atoms with Crippen LogP contribution in [0, 0.1) is 5.92 Å². The Balaban J connectivity index is 1.96. The summed E-state index contributed by atoms with van der Waals surface area (Å²) >= 11 is 1.28. The maximum atomic E-state index is 13.4. The number of ether oxygens (including phenoxy) is 1. The van der Waals surface area contributed by atoms with Gasteiger partial charge in [0.15, 0.2) is 11.6 Å². The van der Waals surface area contributed by atoms with Gasteiger partial charge in [-0.25, -0.2) is 0 Å². The van der Waals surface area contributed by atoms with E-state index in [0.717, 1.165) is 6.42 Å². The molecule has 0 saturated carbocycles. The molecule has 30 heavy (non-hydrogen) atoms. The molecular formula is C20H21N3O5S2. The number of aromatic hydroxyl groups is 1. The number of thiophene rings is 1. The van der Waals surface area contributed by atoms with E-state index in [1.54, 1.807) is 28.1 Å². The van der Waals surface area contributed by atoms with Crippen molar-refractivity contribution in [3.8, 4) is 11.5 Å². The molecule has 0 aliphatic carbocycles. The molecule has 0 unspecified atom stereocenters. The van der Waals surface area contributed by atoms with Crippen LogP contribution in [0.2, 0.25) is 0 Å². The average Bonchev–Trinajstić information content (AvgIpc) is 3.17. The third-order valence-corrected chi connectivity index (χ3v) is 7.18. The number of sulfonamides is 1. The highest BCUT2D eigenvalue weighted by Gasteiger charge is 2.31. The van der Waals surface area contributed by atoms with Crippen LogP contribution in [0.15, 0.2) is 43.7 Å². The molecule has 0 saturated heterocycles. The largest absolute Gasteiger partial charge is 0.505 e. The van der Waals surface area contributed by atoms with Crippen LogP contribution in [0.5, 0.6) is 11.5 Å². The van der Waals surface area contributed by atoms with Crippen LogP contribution in [-0.4, -0.2) is 31.0 Å². The van der Waals surface area contributed by atoms with E-state index in [2.05, 4.69) is 23.6 Å². The number of pyridine rings is 1. The molecule has 1 aliphatic rings. The lowest BCUT2D eigenvalue weighted by Gasteiger charge is -2.21. The maximum absolute atomic E-state index is 13.4. The van der Waals surface area contributed by atoms with Gasteiger partial charge in [0.25, 0.3) is 15.6 Å². The number of aromatic nitrogens is 1. The standard InChI is InChI=1S/C20H21N3O5S2/c1-11(2)7-9-23-12-8-10-29-18(12)17(24)15(20(23)25)19-21-16-13(28-3)5-4-6-14(16)30(26,27)22-19/h4-6,8,10-11,24H,7,9H2,1-3H3,(H,21,22). The molecule has 0 radical (unpaired) electrons. The summed E-state index contributed by atoms with van der Waals surface area (Å²) in [5.74, 6) is 0.151. The van der Waals surface area contributed by atoms with Crippen molar-refractivity contribution in [3.05, 3.63) is 45.6 Å². The number of methoxy groups -OCH3 is 1. The number of rotatable bonds is 5. The van der Waals surface area contributed by atoms with Gasteiger partial charge in [-0.1, -0.05) is 19.9 Å². The molecule has 158 valence electrons. The first-order valence-corrected chi connectivity index (χ1v) is 11.7. The number of benzene rings is 1. The molecule has 8 nitrogen and oxygen atoms in total. The zero-order chi connectivity index (χ0) is 21.6. The topological polar surface area (TPSA) is 110 Å². The van der Waals surface area contributed by atoms with Crippen molar-refractivity contribution in [3.63, 3.8) is 0 Å². The number of anilines is 1. The average molecular weight is 448 g/mol. The Morgan fingerprint density at radius 3 is 2.77 bits per heavy atom. The van der Waals surface area contributed by atoms with Gasteiger partial charge in [0.1, 0.15) is 21.9 Å². The van der Waals surface area contributed by atoms with E-state index in [-0.39, 0.29) is 27.7 Å². The van der Waals surface area contributed by atoms with E-state index in [4.69, 9.17) is 4.74 Å². The number of hydrogen-bond acceptors (Lipinski definition) is 7. The third-order valence-electron chi connectivity index (χ3n) is 4.95. The number of para-hydroxylation sites is 1. The van der Waals surface area contributed by atoms with Crippen molar-refractivity contribution in [2.24, 2.45) is 10.3 Å². The number of aryl methyl sites for hydroxylation is 1. The lowest BCUT2D eigenvalue weighted by Crippen LogP contribution is -2.32. The van der Waals surface area contributed by atoms with Crippen molar-refractivity contribution in [1.82, 2.24) is 4.57 Å². The third kappa shape index (κ3) is 3.25. The summed E-state index contributed by atoms with van der Waals surface area (Å²) in [6.07, 6.45) is 0.754. The maximum Gasteiger partial charge on any atom is 0.286 e. The fourth-order valence-electron chi connectivity index (χ4n) is 3.41. The van der Waals surface area contributed by atoms with Crippen LogP contribution in [-0.2, 0) is 16.6 Å². The number of hydrogen-bond donors (Lipinski definition) is 2. The van der Waals surface area contributed by atoms with Crippen molar-refractivity contribution >= 4 is 43.1 Å². The van der Waals surface area contributed by atoms with E-state index in [1.165, 1.54) is 24.5 Å². The molecule has 10 heteroatoms. The summed E-state index contributed by atoms with van der Waals surface area (Å²) in [6, 6.07) is 6.33. The second-order valence-electron chi connectivity index (χ2n) is 7.37. The number of nitrogens with one attached hydrogen (secondary N) is 1. The van der Waals surface area contributed by atoms with Gasteiger partial charge in [0.05, 0.1) is 17.3 Å². The van der Waals surface area contributed by atoms with Crippen LogP contribution in [0.3, 0.4) is 0 Å². The summed E-state index contributed by atoms with van der Waals surface area (Å²) in [5.41, 5.74) is 0.126. The van der Waals surface area contributed by atoms with Crippen LogP contribution in [0.1, 0.15) is 25.8 Å². The Hall–Kier alpha value is -2.85. The van der Waals surface area contributed by atoms with Crippen molar-refractivity contribution in [2.75, 3.05) is 12.4 Å². The fourth-order valence-corrected chi connectivity index (χ4v) is 5.39. The molecule has 0 spiro atoms. The highest BCUT2D eigenvalue weighted by molar-refractivity contribution is 7.90. The smallest absolute Gasteiger partial charge is 0.286 e. The van der Waals surface area contributed by atoms with Crippen LogP contribution >= 0.6 is 11.3 Å². The van der Waals surface area contributed by atoms with E-state index >= 15 is 0 Å². The lowest BCUT2D eigenvalue weighted by atomic mass is 10.1. The van der Waals surface area contributed by atoms with Gasteiger partial charge in [-0.3, -0.25) is 4.79 Å². The number of amidine groups is 1. The first-order chi connectivity index (χ1) is 14.2. The molecule has 2 aromatic heterocycles. The van der Waals surface area contributed by atoms with E-state index in [9.17, 15) is 18.3 Å². The van der Waals surface area contributed by atoms with E-state index in [0.29, 0.717) is 28.4 Å². The predicted octanol–water partition coefficient (Wildman–Crippen LogP) is 3.38. The Bertz CT molecular complexity index is 1340. The highest BCUT2D eigenvalue weighted by atomic mass is 32.2. The minimum Gasteiger partial charge on any atom is -0.505 e. The molecular weight excluding hydrogens is 426 g/mol. The molecule has 4 rings (SSSR count). The van der Waals surface area contributed by atoms with Gasteiger partial charge in [-0.2, -0.15) is 8.42 Å². The van der Waals surface area contributed by atoms with E-state index in [1.807, 2.05) is 0 Å². The van der Waals surface area contributed by atoms with Crippen LogP contribution in [0.4, 0.5) is 5.69 Å². The Labute approximate surface area is 177 Å². The van der Waals surface area contributed by atoms with Crippen LogP contribution < -0.4 is 15.6 Å². The quantitative estimate of drug-likeness (QED) is 0.620. The predicted molar refractivity (Wildman–Crippen MR) is 118 cm³/mol. The monoisotopic (exact) mass is 447 g/mol. The molecule has 1 aromatic carbocycles. The highest BCUT2D eigenvalue weighted by Crippen LogP contribution is 2.38. The summed E-state index contributed by atoms with van der Waals surface area (Å²) in [7, 11) is -2.67. The molecule has 0 bridgehead atoms. The first-order valence-electron chi connectivity index (χ1n) is 9.37. The Morgan fingerprint density at radius 2 is 2.07 bits per heavy atom. The van der Waals surface area contributed by atoms with Gasteiger partial charge in [0.2, 0.25) is 0 Å². The summed E-state index contributed by atoms with van der Waals surface area (Å²) in [4.78, 5) is 13.3. The molecule has 1 aliphatic heterocycles. The van der Waals surface area contributed by atoms with Gasteiger partial charge < -0.3 is 19.7 Å². The number of nitrogens with zero attached hydrogens (tertiary/aromatic N) is 2. The summed E-state index contributed by atoms with van der Waals surface area (Å²) in [5, 5.41) is 15.5. The first kappa shape index (κ1) is 20.4. The van der Waals surface area contributed by atoms with Crippen molar-refractivity contribution in [2.45, 2.75) is 31.7 Å². The molecule has 3 aromatic rings. The minimum absolute atomic E-state index is 0.0533. The number of fused-ring (bicyclic) bond motifs is 2. The fraction of sp³-hybridized carbons (Fsp3) is 0.300. The van der Waals surface area contributed by atoms with Gasteiger partial charge in [0, 0.05) is 6.54 Å². The second-order valence-corrected chi connectivity index (χ2v) is 9.86. The van der Waals surface area contributed by atoms with E-state index < -0.39 is 15.6 Å². The molecule has 3 heterocycles. The molecule has 0 amide bonds. The molecule has 2 N–H and O–H groups in total. The SMILES string of the molecule is COc1cccc2c1NC(c1c(O)c3sccc3n(CCC(C)C)c1=O)=NS2(=O)=O. The lowest BCUT2D eigenvalue weighted by molar-refractivity contribution is 0.415. The summed E-state index contributed by atoms with van der Waals surface area (Å²) in [6.45, 7) is 4.55. The van der Waals surface area contributed by atoms with Gasteiger partial charge in [-0.15, -0.1) is 15.7 Å². The Morgan fingerprint density at radius 1 is 1.30 bits per heavy atom. The molecule has 0 atom stereocenters. The minimum atomic E-state index is -4.09. The zero-order valence-corrected chi connectivity index (χ0v) is 18.3. The normalized spacial score (nSPS) is 15.0. The Kier molecular flexibility index (Phi) is 5.07. The second kappa shape index (κ2) is 7.44. The van der Waals surface area contributed by atoms with Crippen molar-refractivity contribution in [1.29, 1.82) is 0 Å². The summed E-state index contributed by atoms with van der Waals surface area (Å²) < 4.78 is 36.7. The zero-order valence-electron chi connectivity index (χ0n) is 16.7. The van der Waals surface area contributed by atoms with Gasteiger partial charge >= 0.3 is 0 Å². The van der Waals surface area contributed by atoms with Crippen LogP contribution in [0.25, 0.3) is 10.2 Å².